The molecule has 1 saturated carbocycles. The van der Waals surface area contributed by atoms with Crippen molar-refractivity contribution >= 4 is 17.5 Å². The Hall–Kier alpha value is -3.79. The van der Waals surface area contributed by atoms with E-state index in [0.717, 1.165) is 33.7 Å². The van der Waals surface area contributed by atoms with Gasteiger partial charge in [0.2, 0.25) is 11.8 Å². The number of aromatic nitrogens is 2. The second kappa shape index (κ2) is 10.8. The van der Waals surface area contributed by atoms with Gasteiger partial charge >= 0.3 is 0 Å². The first-order valence-electron chi connectivity index (χ1n) is 13.3. The third kappa shape index (κ3) is 5.66. The highest BCUT2D eigenvalue weighted by Crippen LogP contribution is 2.38. The van der Waals surface area contributed by atoms with Gasteiger partial charge in [0.1, 0.15) is 11.7 Å². The van der Waals surface area contributed by atoms with Gasteiger partial charge < -0.3 is 25.7 Å². The van der Waals surface area contributed by atoms with Crippen molar-refractivity contribution in [2.24, 2.45) is 5.92 Å². The Kier molecular flexibility index (Phi) is 7.40. The molecular formula is C29H33F2N5O3. The van der Waals surface area contributed by atoms with Crippen molar-refractivity contribution in [3.05, 3.63) is 76.5 Å². The molecule has 206 valence electrons. The number of amides is 2. The molecule has 0 spiro atoms. The van der Waals surface area contributed by atoms with Crippen molar-refractivity contribution in [2.75, 3.05) is 11.9 Å². The molecular weight excluding hydrogens is 504 g/mol. The fourth-order valence-corrected chi connectivity index (χ4v) is 5.69. The topological polar surface area (TPSA) is 102 Å². The lowest BCUT2D eigenvalue weighted by atomic mass is 9.81. The lowest BCUT2D eigenvalue weighted by Crippen LogP contribution is -2.50. The summed E-state index contributed by atoms with van der Waals surface area (Å²) >= 11 is 0. The number of nitrogens with one attached hydrogen (secondary N) is 3. The summed E-state index contributed by atoms with van der Waals surface area (Å²) < 4.78 is 30.6. The van der Waals surface area contributed by atoms with Crippen LogP contribution in [0.2, 0.25) is 0 Å². The van der Waals surface area contributed by atoms with Gasteiger partial charge in [0.15, 0.2) is 11.9 Å². The van der Waals surface area contributed by atoms with Gasteiger partial charge in [-0.15, -0.1) is 0 Å². The number of alkyl halides is 2. The molecule has 3 N–H and O–H groups in total. The molecule has 0 saturated heterocycles. The molecule has 1 aromatic carbocycles. The first-order valence-corrected chi connectivity index (χ1v) is 13.3. The quantitative estimate of drug-likeness (QED) is 0.326. The Balaban J connectivity index is 1.35. The van der Waals surface area contributed by atoms with Gasteiger partial charge in [-0.25, -0.2) is 8.78 Å². The second-order valence-electron chi connectivity index (χ2n) is 10.5. The Morgan fingerprint density at radius 3 is 2.54 bits per heavy atom. The number of benzene rings is 1. The van der Waals surface area contributed by atoms with Crippen LogP contribution in [0.25, 0.3) is 11.1 Å². The third-order valence-corrected chi connectivity index (χ3v) is 7.91. The summed E-state index contributed by atoms with van der Waals surface area (Å²) in [7, 11) is 0. The van der Waals surface area contributed by atoms with Gasteiger partial charge in [0, 0.05) is 56.8 Å². The minimum absolute atomic E-state index is 0.141. The van der Waals surface area contributed by atoms with E-state index >= 15 is 0 Å². The average Bonchev–Trinajstić information content (AvgIpc) is 3.35. The number of hydrogen-bond acceptors (Lipinski definition) is 4. The first-order chi connectivity index (χ1) is 18.6. The largest absolute Gasteiger partial charge is 0.618 e. The monoisotopic (exact) mass is 537 g/mol. The molecule has 1 atom stereocenters. The van der Waals surface area contributed by atoms with E-state index in [4.69, 9.17) is 0 Å². The van der Waals surface area contributed by atoms with Crippen LogP contribution in [-0.2, 0) is 17.9 Å². The van der Waals surface area contributed by atoms with Crippen molar-refractivity contribution in [3.63, 3.8) is 0 Å². The average molecular weight is 538 g/mol. The minimum Gasteiger partial charge on any atom is -0.618 e. The number of nitrogens with zero attached hydrogens (tertiary/aromatic N) is 2. The van der Waals surface area contributed by atoms with Crippen LogP contribution in [0.1, 0.15) is 53.1 Å². The molecule has 2 aliphatic rings. The molecule has 8 nitrogen and oxygen atoms in total. The van der Waals surface area contributed by atoms with E-state index in [-0.39, 0.29) is 25.7 Å². The van der Waals surface area contributed by atoms with Crippen LogP contribution in [0.15, 0.2) is 48.7 Å². The molecule has 1 fully saturated rings. The molecule has 2 aromatic heterocycles. The van der Waals surface area contributed by atoms with Gasteiger partial charge in [-0.05, 0) is 61.1 Å². The molecule has 1 aliphatic carbocycles. The molecule has 0 bridgehead atoms. The van der Waals surface area contributed by atoms with E-state index in [2.05, 4.69) is 16.0 Å². The molecule has 3 aromatic rings. The van der Waals surface area contributed by atoms with Crippen LogP contribution < -0.4 is 20.7 Å². The van der Waals surface area contributed by atoms with E-state index in [0.29, 0.717) is 30.2 Å². The predicted molar refractivity (Wildman–Crippen MR) is 143 cm³/mol. The molecule has 1 aliphatic heterocycles. The lowest BCUT2D eigenvalue weighted by molar-refractivity contribution is -0.611. The van der Waals surface area contributed by atoms with Crippen LogP contribution in [0.3, 0.4) is 0 Å². The molecule has 3 heterocycles. The Morgan fingerprint density at radius 2 is 1.82 bits per heavy atom. The summed E-state index contributed by atoms with van der Waals surface area (Å²) in [4.78, 5) is 26.8. The Labute approximate surface area is 226 Å². The smallest absolute Gasteiger partial charge is 0.268 e. The molecule has 39 heavy (non-hydrogen) atoms. The number of hydrogen-bond donors (Lipinski definition) is 3. The zero-order chi connectivity index (χ0) is 27.7. The van der Waals surface area contributed by atoms with Gasteiger partial charge in [0.25, 0.3) is 5.91 Å². The second-order valence-corrected chi connectivity index (χ2v) is 10.5. The normalized spacial score (nSPS) is 17.7. The summed E-state index contributed by atoms with van der Waals surface area (Å²) in [5.74, 6) is -3.99. The zero-order valence-electron chi connectivity index (χ0n) is 22.1. The number of halogens is 2. The van der Waals surface area contributed by atoms with Gasteiger partial charge in [-0.1, -0.05) is 12.1 Å². The standard InChI is InChI=1S/C29H33F2N5O3/c1-18-11-15-36(39)19(2)25(18)20-3-5-22(6-4-20)33-28(38)26(21-9-12-29(30,31)13-10-21)34-27(37)24-8-7-23-17-32-14-16-35(23)24/h3-8,11,15,21,26,32H,9-10,12-14,16-17H2,1-2H3,(H,33,38)(H,34,37)/t26-/m0/s1. The fraction of sp³-hybridized carbons (Fsp3) is 0.414. The lowest BCUT2D eigenvalue weighted by Gasteiger charge is -2.33. The number of fused-ring (bicyclic) bond motifs is 1. The number of rotatable bonds is 6. The van der Waals surface area contributed by atoms with Crippen molar-refractivity contribution in [2.45, 2.75) is 64.6 Å². The maximum atomic E-state index is 13.9. The van der Waals surface area contributed by atoms with E-state index in [9.17, 15) is 23.6 Å². The highest BCUT2D eigenvalue weighted by Gasteiger charge is 2.40. The van der Waals surface area contributed by atoms with Gasteiger partial charge in [0.05, 0.1) is 5.56 Å². The molecule has 10 heteroatoms. The number of pyridine rings is 1. The minimum atomic E-state index is -2.75. The number of carbonyl (C=O) groups excluding carboxylic acids is 2. The highest BCUT2D eigenvalue weighted by atomic mass is 19.3. The van der Waals surface area contributed by atoms with Crippen molar-refractivity contribution in [3.8, 4) is 11.1 Å². The first kappa shape index (κ1) is 26.8. The number of aryl methyl sites for hydroxylation is 1. The summed E-state index contributed by atoms with van der Waals surface area (Å²) in [5, 5.41) is 21.1. The third-order valence-electron chi connectivity index (χ3n) is 7.91. The summed E-state index contributed by atoms with van der Waals surface area (Å²) in [6.07, 6.45) is 1.13. The maximum absolute atomic E-state index is 13.9. The molecule has 0 radical (unpaired) electrons. The van der Waals surface area contributed by atoms with Gasteiger partial charge in [-0.2, -0.15) is 4.73 Å². The summed E-state index contributed by atoms with van der Waals surface area (Å²) in [6.45, 7) is 5.71. The van der Waals surface area contributed by atoms with E-state index in [1.165, 1.54) is 6.20 Å². The highest BCUT2D eigenvalue weighted by molar-refractivity contribution is 6.01. The molecule has 0 unspecified atom stereocenters. The fourth-order valence-electron chi connectivity index (χ4n) is 5.69. The van der Waals surface area contributed by atoms with E-state index < -0.39 is 29.7 Å². The van der Waals surface area contributed by atoms with Crippen LogP contribution >= 0.6 is 0 Å². The van der Waals surface area contributed by atoms with Crippen molar-refractivity contribution in [1.82, 2.24) is 15.2 Å². The van der Waals surface area contributed by atoms with Crippen LogP contribution in [-0.4, -0.2) is 34.9 Å². The van der Waals surface area contributed by atoms with E-state index in [1.807, 2.05) is 29.7 Å². The molecule has 2 amide bonds. The van der Waals surface area contributed by atoms with E-state index in [1.54, 1.807) is 31.2 Å². The van der Waals surface area contributed by atoms with Crippen LogP contribution in [0, 0.1) is 25.0 Å². The van der Waals surface area contributed by atoms with Crippen LogP contribution in [0.4, 0.5) is 14.5 Å². The maximum Gasteiger partial charge on any atom is 0.268 e. The van der Waals surface area contributed by atoms with Gasteiger partial charge in [-0.3, -0.25) is 9.59 Å². The predicted octanol–water partition coefficient (Wildman–Crippen LogP) is 4.07. The zero-order valence-corrected chi connectivity index (χ0v) is 22.1. The van der Waals surface area contributed by atoms with Crippen molar-refractivity contribution in [1.29, 1.82) is 0 Å². The Morgan fingerprint density at radius 1 is 1.10 bits per heavy atom. The van der Waals surface area contributed by atoms with Crippen LogP contribution in [0.5, 0.6) is 0 Å². The summed E-state index contributed by atoms with van der Waals surface area (Å²) in [6, 6.07) is 11.5. The Bertz CT molecular complexity index is 1380. The summed E-state index contributed by atoms with van der Waals surface area (Å²) in [5.41, 5.74) is 5.14. The number of carbonyl (C=O) groups is 2. The molecule has 5 rings (SSSR count). The van der Waals surface area contributed by atoms with Crippen molar-refractivity contribution < 1.29 is 23.1 Å². The number of anilines is 1. The SMILES string of the molecule is Cc1cc[n+]([O-])c(C)c1-c1ccc(NC(=O)[C@@H](NC(=O)c2ccc3n2CCNC3)C2CCC(F)(F)CC2)cc1.